The minimum Gasteiger partial charge on any atom is -0.366 e. The largest absolute Gasteiger partial charge is 0.366 e. The zero-order valence-corrected chi connectivity index (χ0v) is 11.2. The minimum atomic E-state index is -0.612. The summed E-state index contributed by atoms with van der Waals surface area (Å²) in [6, 6.07) is 3.47. The Bertz CT molecular complexity index is 489. The predicted molar refractivity (Wildman–Crippen MR) is 69.9 cm³/mol. The van der Waals surface area contributed by atoms with Crippen LogP contribution in [0.1, 0.15) is 22.8 Å². The molecule has 0 fully saturated rings. The Balaban J connectivity index is 2.75. The second-order valence-electron chi connectivity index (χ2n) is 4.51. The molecular weight excluding hydrogens is 249 g/mol. The molecule has 0 aliphatic heterocycles. The number of nitrogens with zero attached hydrogens (tertiary/aromatic N) is 1. The van der Waals surface area contributed by atoms with E-state index in [1.165, 1.54) is 23.1 Å². The van der Waals surface area contributed by atoms with Crippen LogP contribution < -0.4 is 11.1 Å². The first-order valence-electron chi connectivity index (χ1n) is 5.85. The van der Waals surface area contributed by atoms with E-state index in [1.54, 1.807) is 21.0 Å². The van der Waals surface area contributed by atoms with Crippen molar-refractivity contribution in [1.82, 2.24) is 10.2 Å². The molecule has 0 aliphatic rings. The van der Waals surface area contributed by atoms with Crippen molar-refractivity contribution in [1.29, 1.82) is 0 Å². The number of likely N-dealkylation sites (N-methyl/N-ethyl adjacent to an activating group) is 1. The number of primary amides is 1. The van der Waals surface area contributed by atoms with E-state index in [-0.39, 0.29) is 18.0 Å². The van der Waals surface area contributed by atoms with Crippen LogP contribution in [-0.2, 0) is 11.3 Å². The van der Waals surface area contributed by atoms with Gasteiger partial charge in [0.15, 0.2) is 0 Å². The lowest BCUT2D eigenvalue weighted by atomic mass is 10.1. The molecule has 19 heavy (non-hydrogen) atoms. The van der Waals surface area contributed by atoms with Gasteiger partial charge in [0.25, 0.3) is 0 Å². The molecule has 0 heterocycles. The van der Waals surface area contributed by atoms with E-state index in [9.17, 15) is 14.0 Å². The number of carbonyl (C=O) groups excluding carboxylic acids is 2. The Morgan fingerprint density at radius 3 is 2.58 bits per heavy atom. The van der Waals surface area contributed by atoms with Crippen molar-refractivity contribution in [2.75, 3.05) is 14.1 Å². The van der Waals surface area contributed by atoms with Gasteiger partial charge in [0.2, 0.25) is 11.8 Å². The van der Waals surface area contributed by atoms with Crippen LogP contribution >= 0.6 is 0 Å². The molecule has 6 heteroatoms. The second kappa shape index (κ2) is 6.29. The number of nitrogens with one attached hydrogen (secondary N) is 1. The Hall–Kier alpha value is -1.95. The van der Waals surface area contributed by atoms with Gasteiger partial charge in [-0.05, 0) is 25.1 Å². The average Bonchev–Trinajstić information content (AvgIpc) is 2.35. The standard InChI is InChI=1S/C13H18FN3O2/c1-8(13(19)17(2)3)16-7-10-6-9(12(15)18)4-5-11(10)14/h4-6,8,16H,7H2,1-3H3,(H2,15,18). The summed E-state index contributed by atoms with van der Waals surface area (Å²) in [5.41, 5.74) is 5.68. The first kappa shape index (κ1) is 15.1. The molecule has 0 spiro atoms. The van der Waals surface area contributed by atoms with Crippen LogP contribution in [-0.4, -0.2) is 36.9 Å². The molecule has 0 bridgehead atoms. The Morgan fingerprint density at radius 2 is 2.05 bits per heavy atom. The van der Waals surface area contributed by atoms with Crippen molar-refractivity contribution in [3.63, 3.8) is 0 Å². The fourth-order valence-electron chi connectivity index (χ4n) is 1.60. The van der Waals surface area contributed by atoms with E-state index in [1.807, 2.05) is 0 Å². The number of hydrogen-bond donors (Lipinski definition) is 2. The molecule has 0 radical (unpaired) electrons. The lowest BCUT2D eigenvalue weighted by molar-refractivity contribution is -0.130. The Morgan fingerprint density at radius 1 is 1.42 bits per heavy atom. The minimum absolute atomic E-state index is 0.105. The van der Waals surface area contributed by atoms with E-state index in [4.69, 9.17) is 5.73 Å². The number of benzene rings is 1. The smallest absolute Gasteiger partial charge is 0.248 e. The van der Waals surface area contributed by atoms with Crippen LogP contribution in [0, 0.1) is 5.82 Å². The molecule has 0 aliphatic carbocycles. The number of nitrogens with two attached hydrogens (primary N) is 1. The lowest BCUT2D eigenvalue weighted by Gasteiger charge is -2.18. The summed E-state index contributed by atoms with van der Waals surface area (Å²) < 4.78 is 13.6. The third kappa shape index (κ3) is 4.03. The molecule has 1 aromatic rings. The molecule has 1 unspecified atom stereocenters. The highest BCUT2D eigenvalue weighted by Gasteiger charge is 2.15. The van der Waals surface area contributed by atoms with Gasteiger partial charge in [-0.15, -0.1) is 0 Å². The molecule has 104 valence electrons. The molecule has 0 saturated carbocycles. The summed E-state index contributed by atoms with van der Waals surface area (Å²) >= 11 is 0. The van der Waals surface area contributed by atoms with E-state index in [0.29, 0.717) is 5.56 Å². The summed E-state index contributed by atoms with van der Waals surface area (Å²) in [4.78, 5) is 24.1. The number of amides is 2. The van der Waals surface area contributed by atoms with Gasteiger partial charge in [-0.25, -0.2) is 4.39 Å². The number of rotatable bonds is 5. The maximum atomic E-state index is 13.6. The molecule has 1 aromatic carbocycles. The topological polar surface area (TPSA) is 75.4 Å². The summed E-state index contributed by atoms with van der Waals surface area (Å²) in [5, 5.41) is 2.90. The van der Waals surface area contributed by atoms with Gasteiger partial charge in [-0.2, -0.15) is 0 Å². The molecule has 0 aromatic heterocycles. The highest BCUT2D eigenvalue weighted by molar-refractivity contribution is 5.92. The van der Waals surface area contributed by atoms with Gasteiger partial charge < -0.3 is 16.0 Å². The van der Waals surface area contributed by atoms with Crippen LogP contribution in [0.4, 0.5) is 4.39 Å². The molecule has 2 amide bonds. The molecule has 3 N–H and O–H groups in total. The summed E-state index contributed by atoms with van der Waals surface area (Å²) in [7, 11) is 3.30. The third-order valence-corrected chi connectivity index (χ3v) is 2.74. The van der Waals surface area contributed by atoms with Gasteiger partial charge >= 0.3 is 0 Å². The quantitative estimate of drug-likeness (QED) is 0.815. The van der Waals surface area contributed by atoms with Crippen LogP contribution in [0.2, 0.25) is 0 Å². The highest BCUT2D eigenvalue weighted by atomic mass is 19.1. The third-order valence-electron chi connectivity index (χ3n) is 2.74. The van der Waals surface area contributed by atoms with Gasteiger partial charge in [-0.1, -0.05) is 0 Å². The van der Waals surface area contributed by atoms with Crippen molar-refractivity contribution in [2.24, 2.45) is 5.73 Å². The SMILES string of the molecule is CC(NCc1cc(C(N)=O)ccc1F)C(=O)N(C)C. The average molecular weight is 267 g/mol. The predicted octanol–water partition coefficient (Wildman–Crippen LogP) is 0.491. The summed E-state index contributed by atoms with van der Waals surface area (Å²) in [6.45, 7) is 1.84. The molecule has 1 atom stereocenters. The van der Waals surface area contributed by atoms with Crippen molar-refractivity contribution < 1.29 is 14.0 Å². The fourth-order valence-corrected chi connectivity index (χ4v) is 1.60. The molecule has 0 saturated heterocycles. The van der Waals surface area contributed by atoms with Gasteiger partial charge in [0.05, 0.1) is 6.04 Å². The molecule has 1 rings (SSSR count). The normalized spacial score (nSPS) is 12.0. The van der Waals surface area contributed by atoms with Crippen molar-refractivity contribution in [3.05, 3.63) is 35.1 Å². The van der Waals surface area contributed by atoms with E-state index in [0.717, 1.165) is 0 Å². The van der Waals surface area contributed by atoms with Crippen LogP contribution in [0.5, 0.6) is 0 Å². The van der Waals surface area contributed by atoms with Crippen molar-refractivity contribution >= 4 is 11.8 Å². The number of carbonyl (C=O) groups is 2. The zero-order valence-electron chi connectivity index (χ0n) is 11.2. The number of halogens is 1. The maximum absolute atomic E-state index is 13.6. The maximum Gasteiger partial charge on any atom is 0.248 e. The van der Waals surface area contributed by atoms with Crippen LogP contribution in [0.3, 0.4) is 0 Å². The highest BCUT2D eigenvalue weighted by Crippen LogP contribution is 2.10. The fraction of sp³-hybridized carbons (Fsp3) is 0.385. The van der Waals surface area contributed by atoms with Gasteiger partial charge in [-0.3, -0.25) is 9.59 Å². The number of hydrogen-bond acceptors (Lipinski definition) is 3. The van der Waals surface area contributed by atoms with Crippen LogP contribution in [0.15, 0.2) is 18.2 Å². The van der Waals surface area contributed by atoms with E-state index in [2.05, 4.69) is 5.32 Å². The van der Waals surface area contributed by atoms with Crippen molar-refractivity contribution in [3.8, 4) is 0 Å². The summed E-state index contributed by atoms with van der Waals surface area (Å²) in [6.07, 6.45) is 0. The van der Waals surface area contributed by atoms with Gasteiger partial charge in [0, 0.05) is 31.8 Å². The first-order chi connectivity index (χ1) is 8.82. The second-order valence-corrected chi connectivity index (χ2v) is 4.51. The molecular formula is C13H18FN3O2. The van der Waals surface area contributed by atoms with Crippen molar-refractivity contribution in [2.45, 2.75) is 19.5 Å². The zero-order chi connectivity index (χ0) is 14.6. The summed E-state index contributed by atoms with van der Waals surface area (Å²) in [5.74, 6) is -1.16. The van der Waals surface area contributed by atoms with Crippen LogP contribution in [0.25, 0.3) is 0 Å². The Kier molecular flexibility index (Phi) is 5.00. The lowest BCUT2D eigenvalue weighted by Crippen LogP contribution is -2.41. The molecule has 5 nitrogen and oxygen atoms in total. The first-order valence-corrected chi connectivity index (χ1v) is 5.85. The van der Waals surface area contributed by atoms with E-state index >= 15 is 0 Å². The van der Waals surface area contributed by atoms with E-state index < -0.39 is 17.8 Å². The van der Waals surface area contributed by atoms with Gasteiger partial charge in [0.1, 0.15) is 5.82 Å². The Labute approximate surface area is 111 Å². The monoisotopic (exact) mass is 267 g/mol.